The highest BCUT2D eigenvalue weighted by atomic mass is 19.1. The molecule has 0 saturated carbocycles. The van der Waals surface area contributed by atoms with Crippen molar-refractivity contribution in [3.05, 3.63) is 35.8 Å². The van der Waals surface area contributed by atoms with E-state index in [0.29, 0.717) is 30.8 Å². The van der Waals surface area contributed by atoms with Crippen LogP contribution in [-0.2, 0) is 4.74 Å². The molecule has 2 N–H and O–H groups in total. The number of ketones is 1. The smallest absolute Gasteiger partial charge is 0.172 e. The Kier molecular flexibility index (Phi) is 4.27. The van der Waals surface area contributed by atoms with Gasteiger partial charge in [0.25, 0.3) is 0 Å². The van der Waals surface area contributed by atoms with Gasteiger partial charge in [-0.05, 0) is 44.5 Å². The summed E-state index contributed by atoms with van der Waals surface area (Å²) in [7, 11) is 0. The molecule has 0 bridgehead atoms. The van der Waals surface area contributed by atoms with Crippen LogP contribution in [-0.4, -0.2) is 37.1 Å². The minimum Gasteiger partial charge on any atom is -0.381 e. The number of rotatable bonds is 5. The Morgan fingerprint density at radius 3 is 3.05 bits per heavy atom. The molecular formula is C17H21FN2O2. The van der Waals surface area contributed by atoms with E-state index >= 15 is 0 Å². The quantitative estimate of drug-likeness (QED) is 0.835. The van der Waals surface area contributed by atoms with Crippen LogP contribution in [0.5, 0.6) is 0 Å². The molecule has 1 fully saturated rings. The molecule has 0 aliphatic carbocycles. The molecule has 2 aromatic rings. The summed E-state index contributed by atoms with van der Waals surface area (Å²) in [5, 5.41) is 4.00. The fraction of sp³-hybridized carbons (Fsp3) is 0.471. The van der Waals surface area contributed by atoms with Gasteiger partial charge in [0.05, 0.1) is 17.5 Å². The number of carbonyl (C=O) groups is 1. The van der Waals surface area contributed by atoms with Gasteiger partial charge < -0.3 is 15.0 Å². The summed E-state index contributed by atoms with van der Waals surface area (Å²) in [6.07, 6.45) is 3.37. The van der Waals surface area contributed by atoms with E-state index in [0.717, 1.165) is 24.8 Å². The Morgan fingerprint density at radius 2 is 2.32 bits per heavy atom. The second-order valence-corrected chi connectivity index (χ2v) is 5.93. The number of halogens is 1. The molecule has 1 atom stereocenters. The predicted octanol–water partition coefficient (Wildman–Crippen LogP) is 2.90. The lowest BCUT2D eigenvalue weighted by molar-refractivity contribution is 0.0304. The SMILES string of the molecule is CCOCC1(C(=O)c2cc(F)c3[nH]ccc3c2)CCCNC1. The van der Waals surface area contributed by atoms with Crippen LogP contribution in [0.1, 0.15) is 30.1 Å². The Morgan fingerprint density at radius 1 is 1.45 bits per heavy atom. The third-order valence-corrected chi connectivity index (χ3v) is 4.41. The van der Waals surface area contributed by atoms with Gasteiger partial charge >= 0.3 is 0 Å². The van der Waals surface area contributed by atoms with E-state index in [9.17, 15) is 9.18 Å². The lowest BCUT2D eigenvalue weighted by Gasteiger charge is -2.36. The van der Waals surface area contributed by atoms with Crippen molar-refractivity contribution in [3.8, 4) is 0 Å². The van der Waals surface area contributed by atoms with Crippen LogP contribution in [0, 0.1) is 11.2 Å². The largest absolute Gasteiger partial charge is 0.381 e. The Labute approximate surface area is 129 Å². The summed E-state index contributed by atoms with van der Waals surface area (Å²) < 4.78 is 19.7. The molecule has 0 radical (unpaired) electrons. The number of fused-ring (bicyclic) bond motifs is 1. The van der Waals surface area contributed by atoms with E-state index in [1.54, 1.807) is 18.3 Å². The molecule has 5 heteroatoms. The molecule has 0 amide bonds. The van der Waals surface area contributed by atoms with Crippen LogP contribution >= 0.6 is 0 Å². The van der Waals surface area contributed by atoms with Crippen molar-refractivity contribution in [2.75, 3.05) is 26.3 Å². The van der Waals surface area contributed by atoms with Crippen molar-refractivity contribution in [2.45, 2.75) is 19.8 Å². The van der Waals surface area contributed by atoms with E-state index < -0.39 is 5.41 Å². The molecule has 3 rings (SSSR count). The number of benzene rings is 1. The average molecular weight is 304 g/mol. The first kappa shape index (κ1) is 15.2. The van der Waals surface area contributed by atoms with Gasteiger partial charge in [-0.3, -0.25) is 4.79 Å². The lowest BCUT2D eigenvalue weighted by Crippen LogP contribution is -2.48. The van der Waals surface area contributed by atoms with Gasteiger partial charge in [-0.25, -0.2) is 4.39 Å². The molecule has 22 heavy (non-hydrogen) atoms. The number of nitrogens with one attached hydrogen (secondary N) is 2. The van der Waals surface area contributed by atoms with Gasteiger partial charge in [-0.15, -0.1) is 0 Å². The van der Waals surface area contributed by atoms with Crippen LogP contribution in [0.15, 0.2) is 24.4 Å². The van der Waals surface area contributed by atoms with Crippen LogP contribution in [0.2, 0.25) is 0 Å². The number of carbonyl (C=O) groups excluding carboxylic acids is 1. The van der Waals surface area contributed by atoms with Crippen LogP contribution in [0.25, 0.3) is 10.9 Å². The van der Waals surface area contributed by atoms with Gasteiger partial charge in [0.1, 0.15) is 5.82 Å². The molecule has 2 heterocycles. The first-order chi connectivity index (χ1) is 10.7. The third kappa shape index (κ3) is 2.66. The maximum atomic E-state index is 14.2. The van der Waals surface area contributed by atoms with Gasteiger partial charge in [-0.1, -0.05) is 0 Å². The summed E-state index contributed by atoms with van der Waals surface area (Å²) in [4.78, 5) is 15.9. The Balaban J connectivity index is 1.97. The number of H-pyrrole nitrogens is 1. The molecular weight excluding hydrogens is 283 g/mol. The Bertz CT molecular complexity index is 674. The number of ether oxygens (including phenoxy) is 1. The van der Waals surface area contributed by atoms with Crippen LogP contribution in [0.4, 0.5) is 4.39 Å². The van der Waals surface area contributed by atoms with Crippen molar-refractivity contribution in [3.63, 3.8) is 0 Å². The van der Waals surface area contributed by atoms with Crippen molar-refractivity contribution in [1.29, 1.82) is 0 Å². The van der Waals surface area contributed by atoms with Gasteiger partial charge in [0, 0.05) is 30.3 Å². The normalized spacial score (nSPS) is 22.1. The van der Waals surface area contributed by atoms with Crippen molar-refractivity contribution in [1.82, 2.24) is 10.3 Å². The first-order valence-electron chi connectivity index (χ1n) is 7.76. The third-order valence-electron chi connectivity index (χ3n) is 4.41. The minimum absolute atomic E-state index is 0.0323. The standard InChI is InChI=1S/C17H21FN2O2/c1-2-22-11-17(5-3-6-19-10-17)16(21)13-8-12-4-7-20-15(12)14(18)9-13/h4,7-9,19-20H,2-3,5-6,10-11H2,1H3. The number of aromatic amines is 1. The summed E-state index contributed by atoms with van der Waals surface area (Å²) in [6, 6.07) is 4.88. The second-order valence-electron chi connectivity index (χ2n) is 5.93. The van der Waals surface area contributed by atoms with E-state index in [1.807, 2.05) is 6.92 Å². The molecule has 1 aromatic carbocycles. The van der Waals surface area contributed by atoms with E-state index in [2.05, 4.69) is 10.3 Å². The van der Waals surface area contributed by atoms with Gasteiger partial charge in [0.15, 0.2) is 5.78 Å². The van der Waals surface area contributed by atoms with Crippen molar-refractivity contribution < 1.29 is 13.9 Å². The zero-order valence-electron chi connectivity index (χ0n) is 12.7. The van der Waals surface area contributed by atoms with Crippen molar-refractivity contribution in [2.24, 2.45) is 5.41 Å². The maximum absolute atomic E-state index is 14.2. The number of hydrogen-bond acceptors (Lipinski definition) is 3. The van der Waals surface area contributed by atoms with E-state index in [-0.39, 0.29) is 11.6 Å². The number of aromatic nitrogens is 1. The monoisotopic (exact) mass is 304 g/mol. The fourth-order valence-corrected chi connectivity index (χ4v) is 3.21. The molecule has 1 aliphatic heterocycles. The highest BCUT2D eigenvalue weighted by Gasteiger charge is 2.40. The first-order valence-corrected chi connectivity index (χ1v) is 7.76. The highest BCUT2D eigenvalue weighted by molar-refractivity contribution is 6.03. The van der Waals surface area contributed by atoms with Crippen LogP contribution in [0.3, 0.4) is 0 Å². The lowest BCUT2D eigenvalue weighted by atomic mass is 9.75. The molecule has 0 spiro atoms. The molecule has 118 valence electrons. The maximum Gasteiger partial charge on any atom is 0.172 e. The molecule has 1 saturated heterocycles. The van der Waals surface area contributed by atoms with Gasteiger partial charge in [-0.2, -0.15) is 0 Å². The molecule has 1 unspecified atom stereocenters. The highest BCUT2D eigenvalue weighted by Crippen LogP contribution is 2.32. The fourth-order valence-electron chi connectivity index (χ4n) is 3.21. The van der Waals surface area contributed by atoms with E-state index in [1.165, 1.54) is 6.07 Å². The zero-order chi connectivity index (χ0) is 15.6. The topological polar surface area (TPSA) is 54.1 Å². The summed E-state index contributed by atoms with van der Waals surface area (Å²) in [5.41, 5.74) is 0.273. The minimum atomic E-state index is -0.593. The average Bonchev–Trinajstić information content (AvgIpc) is 3.02. The van der Waals surface area contributed by atoms with Crippen molar-refractivity contribution >= 4 is 16.7 Å². The van der Waals surface area contributed by atoms with E-state index in [4.69, 9.17) is 4.74 Å². The summed E-state index contributed by atoms with van der Waals surface area (Å²) in [6.45, 7) is 4.35. The number of hydrogen-bond donors (Lipinski definition) is 2. The Hall–Kier alpha value is -1.72. The number of piperidine rings is 1. The molecule has 4 nitrogen and oxygen atoms in total. The predicted molar refractivity (Wildman–Crippen MR) is 83.6 cm³/mol. The number of Topliss-reactive ketones (excluding diaryl/α,β-unsaturated/α-hetero) is 1. The van der Waals surface area contributed by atoms with Gasteiger partial charge in [0.2, 0.25) is 0 Å². The second kappa shape index (κ2) is 6.18. The summed E-state index contributed by atoms with van der Waals surface area (Å²) >= 11 is 0. The summed E-state index contributed by atoms with van der Waals surface area (Å²) in [5.74, 6) is -0.420. The zero-order valence-corrected chi connectivity index (χ0v) is 12.7. The molecule has 1 aliphatic rings. The molecule has 1 aromatic heterocycles. The van der Waals surface area contributed by atoms with Crippen LogP contribution < -0.4 is 5.32 Å².